The van der Waals surface area contributed by atoms with Crippen LogP contribution in [-0.2, 0) is 9.47 Å². The summed E-state index contributed by atoms with van der Waals surface area (Å²) < 4.78 is 10.7. The van der Waals surface area contributed by atoms with E-state index in [2.05, 4.69) is 0 Å². The molecule has 0 aromatic carbocycles. The lowest BCUT2D eigenvalue weighted by Crippen LogP contribution is -2.57. The molecule has 2 aliphatic carbocycles. The molecular formula is C10H10Cl4O3. The van der Waals surface area contributed by atoms with Crippen LogP contribution < -0.4 is 0 Å². The summed E-state index contributed by atoms with van der Waals surface area (Å²) in [6, 6.07) is 0. The van der Waals surface area contributed by atoms with Crippen molar-refractivity contribution in [2.24, 2.45) is 0 Å². The summed E-state index contributed by atoms with van der Waals surface area (Å²) in [5.74, 6) is -1.46. The SMILES string of the molecule is COC1(OC)C2(Cl)C=C(CO)C1(Cl)C(Cl)=C2Cl. The topological polar surface area (TPSA) is 38.7 Å². The third kappa shape index (κ3) is 1.22. The fourth-order valence-electron chi connectivity index (χ4n) is 2.52. The average molecular weight is 320 g/mol. The zero-order valence-corrected chi connectivity index (χ0v) is 12.1. The second-order valence-corrected chi connectivity index (χ2v) is 5.77. The highest BCUT2D eigenvalue weighted by Crippen LogP contribution is 2.68. The minimum atomic E-state index is -1.46. The molecule has 17 heavy (non-hydrogen) atoms. The summed E-state index contributed by atoms with van der Waals surface area (Å²) in [7, 11) is 2.79. The summed E-state index contributed by atoms with van der Waals surface area (Å²) in [5, 5.41) is 9.61. The van der Waals surface area contributed by atoms with E-state index in [1.54, 1.807) is 0 Å². The molecule has 1 N–H and O–H groups in total. The molecule has 0 fully saturated rings. The molecule has 3 nitrogen and oxygen atoms in total. The average Bonchev–Trinajstić information content (AvgIpc) is 2.60. The Morgan fingerprint density at radius 2 is 1.71 bits per heavy atom. The highest BCUT2D eigenvalue weighted by atomic mass is 35.5. The summed E-state index contributed by atoms with van der Waals surface area (Å²) in [5.41, 5.74) is 0.410. The highest BCUT2D eigenvalue weighted by Gasteiger charge is 2.77. The van der Waals surface area contributed by atoms with Crippen LogP contribution in [0.4, 0.5) is 0 Å². The molecule has 0 saturated carbocycles. The molecule has 0 spiro atoms. The monoisotopic (exact) mass is 318 g/mol. The fourth-order valence-corrected chi connectivity index (χ4v) is 4.41. The zero-order valence-electron chi connectivity index (χ0n) is 9.06. The van der Waals surface area contributed by atoms with Crippen LogP contribution in [0.1, 0.15) is 0 Å². The Kier molecular flexibility index (Phi) is 3.28. The van der Waals surface area contributed by atoms with Gasteiger partial charge in [0.25, 0.3) is 0 Å². The van der Waals surface area contributed by atoms with E-state index in [1.807, 2.05) is 0 Å². The van der Waals surface area contributed by atoms with Crippen LogP contribution in [0.2, 0.25) is 0 Å². The second-order valence-electron chi connectivity index (χ2n) is 3.85. The number of methoxy groups -OCH3 is 2. The predicted molar refractivity (Wildman–Crippen MR) is 67.8 cm³/mol. The lowest BCUT2D eigenvalue weighted by molar-refractivity contribution is -0.213. The van der Waals surface area contributed by atoms with E-state index in [0.717, 1.165) is 0 Å². The number of hydrogen-bond acceptors (Lipinski definition) is 3. The fraction of sp³-hybridized carbons (Fsp3) is 0.600. The van der Waals surface area contributed by atoms with Crippen LogP contribution in [0.5, 0.6) is 0 Å². The van der Waals surface area contributed by atoms with E-state index in [4.69, 9.17) is 55.9 Å². The van der Waals surface area contributed by atoms with Gasteiger partial charge in [-0.2, -0.15) is 0 Å². The van der Waals surface area contributed by atoms with Gasteiger partial charge in [-0.05, 0) is 11.6 Å². The summed E-state index contributed by atoms with van der Waals surface area (Å²) in [6.07, 6.45) is 1.53. The van der Waals surface area contributed by atoms with Gasteiger partial charge >= 0.3 is 0 Å². The normalized spacial score (nSPS) is 38.9. The predicted octanol–water partition coefficient (Wildman–Crippen LogP) is 2.57. The van der Waals surface area contributed by atoms with Gasteiger partial charge in [-0.3, -0.25) is 0 Å². The Morgan fingerprint density at radius 3 is 2.06 bits per heavy atom. The number of aliphatic hydroxyl groups is 1. The number of ether oxygens (including phenoxy) is 2. The van der Waals surface area contributed by atoms with Crippen molar-refractivity contribution < 1.29 is 14.6 Å². The molecule has 0 aromatic heterocycles. The number of fused-ring (bicyclic) bond motifs is 2. The van der Waals surface area contributed by atoms with E-state index >= 15 is 0 Å². The Hall–Kier alpha value is 0.520. The van der Waals surface area contributed by atoms with E-state index in [-0.39, 0.29) is 16.7 Å². The van der Waals surface area contributed by atoms with Crippen molar-refractivity contribution in [2.45, 2.75) is 15.5 Å². The Morgan fingerprint density at radius 1 is 1.18 bits per heavy atom. The minimum Gasteiger partial charge on any atom is -0.392 e. The van der Waals surface area contributed by atoms with Gasteiger partial charge in [0.1, 0.15) is 0 Å². The van der Waals surface area contributed by atoms with Gasteiger partial charge in [-0.25, -0.2) is 0 Å². The van der Waals surface area contributed by atoms with Gasteiger partial charge in [0.15, 0.2) is 9.75 Å². The standard InChI is InChI=1S/C10H10Cl4O3/c1-16-10(17-2)8(13)3-5(4-15)9(10,14)7(12)6(8)11/h3,15H,4H2,1-2H3. The van der Waals surface area contributed by atoms with Crippen molar-refractivity contribution in [1.29, 1.82) is 0 Å². The van der Waals surface area contributed by atoms with Crippen molar-refractivity contribution in [3.05, 3.63) is 21.7 Å². The van der Waals surface area contributed by atoms with Crippen LogP contribution in [0.15, 0.2) is 21.7 Å². The van der Waals surface area contributed by atoms with E-state index in [1.165, 1.54) is 20.3 Å². The second kappa shape index (κ2) is 4.01. The van der Waals surface area contributed by atoms with Crippen LogP contribution in [-0.4, -0.2) is 41.5 Å². The third-order valence-corrected chi connectivity index (χ3v) is 5.79. The number of halogens is 4. The van der Waals surface area contributed by atoms with Gasteiger partial charge in [-0.15, -0.1) is 23.2 Å². The molecule has 0 heterocycles. The molecule has 0 aliphatic heterocycles. The maximum Gasteiger partial charge on any atom is 0.225 e. The molecule has 0 radical (unpaired) electrons. The Labute approximate surface area is 119 Å². The lowest BCUT2D eigenvalue weighted by atomic mass is 9.97. The van der Waals surface area contributed by atoms with Crippen molar-refractivity contribution in [1.82, 2.24) is 0 Å². The number of alkyl halides is 2. The van der Waals surface area contributed by atoms with E-state index in [0.29, 0.717) is 5.57 Å². The quantitative estimate of drug-likeness (QED) is 0.493. The number of aliphatic hydroxyl groups excluding tert-OH is 1. The molecule has 96 valence electrons. The van der Waals surface area contributed by atoms with Gasteiger partial charge in [0.05, 0.1) is 16.7 Å². The molecule has 2 rings (SSSR count). The number of hydrogen-bond donors (Lipinski definition) is 1. The van der Waals surface area contributed by atoms with Gasteiger partial charge < -0.3 is 14.6 Å². The molecule has 2 bridgehead atoms. The van der Waals surface area contributed by atoms with Gasteiger partial charge in [-0.1, -0.05) is 23.2 Å². The lowest BCUT2D eigenvalue weighted by Gasteiger charge is -2.41. The van der Waals surface area contributed by atoms with Crippen LogP contribution in [0.3, 0.4) is 0 Å². The molecule has 0 saturated heterocycles. The van der Waals surface area contributed by atoms with Crippen molar-refractivity contribution in [2.75, 3.05) is 20.8 Å². The molecule has 0 aromatic rings. The summed E-state index contributed by atoms with van der Waals surface area (Å²) >= 11 is 25.1. The highest BCUT2D eigenvalue weighted by molar-refractivity contribution is 6.53. The van der Waals surface area contributed by atoms with Crippen LogP contribution in [0, 0.1) is 0 Å². The molecule has 2 unspecified atom stereocenters. The first kappa shape index (κ1) is 13.9. The van der Waals surface area contributed by atoms with Crippen LogP contribution in [0.25, 0.3) is 0 Å². The molecule has 2 aliphatic rings. The van der Waals surface area contributed by atoms with E-state index in [9.17, 15) is 5.11 Å². The third-order valence-electron chi connectivity index (χ3n) is 3.31. The molecule has 7 heteroatoms. The van der Waals surface area contributed by atoms with Gasteiger partial charge in [0, 0.05) is 14.2 Å². The largest absolute Gasteiger partial charge is 0.392 e. The van der Waals surface area contributed by atoms with Crippen molar-refractivity contribution in [3.8, 4) is 0 Å². The maximum absolute atomic E-state index is 9.35. The molecule has 2 atom stereocenters. The van der Waals surface area contributed by atoms with Gasteiger partial charge in [0.2, 0.25) is 5.79 Å². The maximum atomic E-state index is 9.35. The summed E-state index contributed by atoms with van der Waals surface area (Å²) in [6.45, 7) is -0.313. The van der Waals surface area contributed by atoms with Crippen molar-refractivity contribution in [3.63, 3.8) is 0 Å². The Bertz CT molecular complexity index is 429. The first-order chi connectivity index (χ1) is 7.85. The first-order valence-electron chi connectivity index (χ1n) is 4.73. The van der Waals surface area contributed by atoms with Crippen molar-refractivity contribution >= 4 is 46.4 Å². The molecular weight excluding hydrogens is 310 g/mol. The van der Waals surface area contributed by atoms with Crippen LogP contribution >= 0.6 is 46.4 Å². The molecule has 0 amide bonds. The first-order valence-corrected chi connectivity index (χ1v) is 6.24. The zero-order chi connectivity index (χ0) is 13.1. The summed E-state index contributed by atoms with van der Waals surface area (Å²) in [4.78, 5) is -2.72. The van der Waals surface area contributed by atoms with E-state index < -0.39 is 15.5 Å². The minimum absolute atomic E-state index is 0.117. The Balaban J connectivity index is 2.73. The smallest absolute Gasteiger partial charge is 0.225 e. The number of rotatable bonds is 3.